The molecule has 2 unspecified atom stereocenters. The van der Waals surface area contributed by atoms with Gasteiger partial charge in [0, 0.05) is 5.56 Å². The van der Waals surface area contributed by atoms with Crippen molar-refractivity contribution in [1.29, 1.82) is 0 Å². The maximum Gasteiger partial charge on any atom is 0.241 e. The normalized spacial score (nSPS) is 12.7. The molecular weight excluding hydrogens is 331 g/mol. The molecule has 2 rings (SSSR count). The predicted octanol–water partition coefficient (Wildman–Crippen LogP) is 3.44. The quantitative estimate of drug-likeness (QED) is 0.866. The van der Waals surface area contributed by atoms with E-state index in [2.05, 4.69) is 5.32 Å². The first-order valence-corrected chi connectivity index (χ1v) is 7.38. The number of amides is 1. The van der Waals surface area contributed by atoms with Crippen molar-refractivity contribution in [2.24, 2.45) is 5.73 Å². The Balaban J connectivity index is 0.00000288. The average molecular weight is 353 g/mol. The standard InChI is InChI=1S/C18H21FN2O2.ClH/c1-11-4-6-13(7-5-11)17(20)18(22)21-12(2)15-10-14(19)8-9-16(15)23-3;/h4-10,12,17H,20H2,1-3H3,(H,21,22);1H. The molecule has 0 radical (unpaired) electrons. The Kier molecular flexibility index (Phi) is 7.19. The molecule has 0 aromatic heterocycles. The molecule has 1 amide bonds. The molecular formula is C18H22ClFN2O2. The fraction of sp³-hybridized carbons (Fsp3) is 0.278. The lowest BCUT2D eigenvalue weighted by molar-refractivity contribution is -0.123. The van der Waals surface area contributed by atoms with Gasteiger partial charge in [-0.05, 0) is 37.6 Å². The first kappa shape index (κ1) is 19.9. The van der Waals surface area contributed by atoms with Gasteiger partial charge in [0.15, 0.2) is 0 Å². The highest BCUT2D eigenvalue weighted by molar-refractivity contribution is 5.85. The molecule has 2 aromatic rings. The van der Waals surface area contributed by atoms with Gasteiger partial charge in [-0.15, -0.1) is 12.4 Å². The van der Waals surface area contributed by atoms with Crippen LogP contribution in [0, 0.1) is 12.7 Å². The third-order valence-corrected chi connectivity index (χ3v) is 3.74. The maximum absolute atomic E-state index is 13.4. The lowest BCUT2D eigenvalue weighted by Gasteiger charge is -2.20. The molecule has 2 aromatic carbocycles. The minimum Gasteiger partial charge on any atom is -0.496 e. The van der Waals surface area contributed by atoms with E-state index in [0.29, 0.717) is 11.3 Å². The number of benzene rings is 2. The van der Waals surface area contributed by atoms with Gasteiger partial charge in [0.1, 0.15) is 17.6 Å². The second-order valence-corrected chi connectivity index (χ2v) is 5.50. The van der Waals surface area contributed by atoms with Crippen molar-refractivity contribution in [2.75, 3.05) is 7.11 Å². The van der Waals surface area contributed by atoms with Crippen LogP contribution in [0.1, 0.15) is 35.7 Å². The molecule has 0 bridgehead atoms. The molecule has 6 heteroatoms. The molecule has 0 spiro atoms. The van der Waals surface area contributed by atoms with Crippen LogP contribution in [0.15, 0.2) is 42.5 Å². The zero-order chi connectivity index (χ0) is 17.0. The van der Waals surface area contributed by atoms with Gasteiger partial charge in [0.25, 0.3) is 0 Å². The summed E-state index contributed by atoms with van der Waals surface area (Å²) >= 11 is 0. The zero-order valence-corrected chi connectivity index (χ0v) is 14.7. The molecule has 0 aliphatic rings. The summed E-state index contributed by atoms with van der Waals surface area (Å²) in [5.41, 5.74) is 8.39. The monoisotopic (exact) mass is 352 g/mol. The fourth-order valence-corrected chi connectivity index (χ4v) is 2.35. The van der Waals surface area contributed by atoms with Crippen LogP contribution in [-0.2, 0) is 4.79 Å². The second-order valence-electron chi connectivity index (χ2n) is 5.50. The number of halogens is 2. The topological polar surface area (TPSA) is 64.3 Å². The van der Waals surface area contributed by atoms with Gasteiger partial charge in [0.05, 0.1) is 13.2 Å². The summed E-state index contributed by atoms with van der Waals surface area (Å²) < 4.78 is 18.7. The average Bonchev–Trinajstić information content (AvgIpc) is 2.54. The first-order valence-electron chi connectivity index (χ1n) is 7.38. The smallest absolute Gasteiger partial charge is 0.241 e. The van der Waals surface area contributed by atoms with Crippen LogP contribution >= 0.6 is 12.4 Å². The lowest BCUT2D eigenvalue weighted by Crippen LogP contribution is -2.35. The predicted molar refractivity (Wildman–Crippen MR) is 94.9 cm³/mol. The number of carbonyl (C=O) groups is 1. The molecule has 0 aliphatic carbocycles. The van der Waals surface area contributed by atoms with E-state index in [1.54, 1.807) is 6.92 Å². The molecule has 3 N–H and O–H groups in total. The third-order valence-electron chi connectivity index (χ3n) is 3.74. The van der Waals surface area contributed by atoms with Crippen molar-refractivity contribution in [2.45, 2.75) is 25.9 Å². The maximum atomic E-state index is 13.4. The molecule has 2 atom stereocenters. The molecule has 0 aliphatic heterocycles. The van der Waals surface area contributed by atoms with Gasteiger partial charge in [-0.1, -0.05) is 29.8 Å². The molecule has 0 fully saturated rings. The highest BCUT2D eigenvalue weighted by Gasteiger charge is 2.20. The summed E-state index contributed by atoms with van der Waals surface area (Å²) in [6.45, 7) is 3.73. The van der Waals surface area contributed by atoms with Crippen molar-refractivity contribution in [3.05, 3.63) is 65.0 Å². The van der Waals surface area contributed by atoms with Crippen LogP contribution in [0.25, 0.3) is 0 Å². The van der Waals surface area contributed by atoms with Gasteiger partial charge >= 0.3 is 0 Å². The van der Waals surface area contributed by atoms with Crippen LogP contribution in [0.4, 0.5) is 4.39 Å². The molecule has 0 heterocycles. The number of hydrogen-bond donors (Lipinski definition) is 2. The van der Waals surface area contributed by atoms with Crippen LogP contribution in [0.3, 0.4) is 0 Å². The summed E-state index contributed by atoms with van der Waals surface area (Å²) in [6, 6.07) is 10.5. The Hall–Kier alpha value is -2.11. The summed E-state index contributed by atoms with van der Waals surface area (Å²) in [5.74, 6) is -0.194. The van der Waals surface area contributed by atoms with Crippen LogP contribution in [-0.4, -0.2) is 13.0 Å². The lowest BCUT2D eigenvalue weighted by atomic mass is 10.0. The third kappa shape index (κ3) is 4.69. The van der Waals surface area contributed by atoms with E-state index in [0.717, 1.165) is 11.1 Å². The molecule has 0 saturated carbocycles. The number of nitrogens with two attached hydrogens (primary N) is 1. The second kappa shape index (κ2) is 8.66. The van der Waals surface area contributed by atoms with E-state index in [4.69, 9.17) is 10.5 Å². The first-order chi connectivity index (χ1) is 10.9. The summed E-state index contributed by atoms with van der Waals surface area (Å²) in [6.07, 6.45) is 0. The Morgan fingerprint density at radius 2 is 1.83 bits per heavy atom. The number of ether oxygens (including phenoxy) is 1. The van der Waals surface area contributed by atoms with Gasteiger partial charge in [-0.3, -0.25) is 4.79 Å². The van der Waals surface area contributed by atoms with Gasteiger partial charge in [-0.25, -0.2) is 4.39 Å². The van der Waals surface area contributed by atoms with E-state index in [-0.39, 0.29) is 24.1 Å². The summed E-state index contributed by atoms with van der Waals surface area (Å²) in [7, 11) is 1.50. The molecule has 0 saturated heterocycles. The summed E-state index contributed by atoms with van der Waals surface area (Å²) in [5, 5.41) is 2.80. The fourth-order valence-electron chi connectivity index (χ4n) is 2.35. The van der Waals surface area contributed by atoms with Crippen molar-refractivity contribution in [1.82, 2.24) is 5.32 Å². The number of rotatable bonds is 5. The minimum absolute atomic E-state index is 0. The SMILES string of the molecule is COc1ccc(F)cc1C(C)NC(=O)C(N)c1ccc(C)cc1.Cl. The zero-order valence-electron chi connectivity index (χ0n) is 13.9. The largest absolute Gasteiger partial charge is 0.496 e. The number of nitrogens with one attached hydrogen (secondary N) is 1. The molecule has 24 heavy (non-hydrogen) atoms. The Morgan fingerprint density at radius 1 is 1.21 bits per heavy atom. The minimum atomic E-state index is -0.780. The Bertz CT molecular complexity index is 692. The van der Waals surface area contributed by atoms with Gasteiger partial charge in [0.2, 0.25) is 5.91 Å². The highest BCUT2D eigenvalue weighted by Crippen LogP contribution is 2.26. The highest BCUT2D eigenvalue weighted by atomic mass is 35.5. The van der Waals surface area contributed by atoms with Crippen LogP contribution in [0.2, 0.25) is 0 Å². The van der Waals surface area contributed by atoms with E-state index in [1.807, 2.05) is 31.2 Å². The van der Waals surface area contributed by atoms with E-state index < -0.39 is 12.1 Å². The van der Waals surface area contributed by atoms with Crippen molar-refractivity contribution in [3.8, 4) is 5.75 Å². The number of carbonyl (C=O) groups excluding carboxylic acids is 1. The van der Waals surface area contributed by atoms with Crippen LogP contribution in [0.5, 0.6) is 5.75 Å². The summed E-state index contributed by atoms with van der Waals surface area (Å²) in [4.78, 5) is 12.3. The molecule has 4 nitrogen and oxygen atoms in total. The Morgan fingerprint density at radius 3 is 2.42 bits per heavy atom. The number of hydrogen-bond acceptors (Lipinski definition) is 3. The molecule has 130 valence electrons. The Labute approximate surface area is 147 Å². The van der Waals surface area contributed by atoms with Gasteiger partial charge < -0.3 is 15.8 Å². The van der Waals surface area contributed by atoms with Gasteiger partial charge in [-0.2, -0.15) is 0 Å². The number of aryl methyl sites for hydroxylation is 1. The van der Waals surface area contributed by atoms with Crippen molar-refractivity contribution >= 4 is 18.3 Å². The van der Waals surface area contributed by atoms with Crippen molar-refractivity contribution < 1.29 is 13.9 Å². The van der Waals surface area contributed by atoms with Crippen molar-refractivity contribution in [3.63, 3.8) is 0 Å². The van der Waals surface area contributed by atoms with E-state index in [9.17, 15) is 9.18 Å². The van der Waals surface area contributed by atoms with Crippen LogP contribution < -0.4 is 15.8 Å². The van der Waals surface area contributed by atoms with E-state index >= 15 is 0 Å². The number of methoxy groups -OCH3 is 1. The van der Waals surface area contributed by atoms with E-state index in [1.165, 1.54) is 25.3 Å².